The average Bonchev–Trinajstić information content (AvgIpc) is 2.86. The van der Waals surface area contributed by atoms with Crippen LogP contribution in [0.2, 0.25) is 0 Å². The molecule has 1 fully saturated rings. The van der Waals surface area contributed by atoms with Gasteiger partial charge in [0.25, 0.3) is 0 Å². The van der Waals surface area contributed by atoms with Crippen LogP contribution in [0, 0.1) is 0 Å². The van der Waals surface area contributed by atoms with Gasteiger partial charge in [-0.25, -0.2) is 0 Å². The van der Waals surface area contributed by atoms with Crippen molar-refractivity contribution in [3.8, 4) is 0 Å². The number of nitrogens with one attached hydrogen (secondary N) is 2. The Bertz CT molecular complexity index is 585. The predicted octanol–water partition coefficient (Wildman–Crippen LogP) is 1.32. The quantitative estimate of drug-likeness (QED) is 0.882. The molecule has 1 aromatic carbocycles. The fourth-order valence-corrected chi connectivity index (χ4v) is 3.20. The molecule has 0 aliphatic carbocycles. The van der Waals surface area contributed by atoms with Crippen LogP contribution in [-0.2, 0) is 22.4 Å². The smallest absolute Gasteiger partial charge is 0.228 e. The van der Waals surface area contributed by atoms with Gasteiger partial charge in [-0.15, -0.1) is 0 Å². The number of aryl methyl sites for hydroxylation is 1. The van der Waals surface area contributed by atoms with Gasteiger partial charge in [0, 0.05) is 37.8 Å². The highest BCUT2D eigenvalue weighted by Gasteiger charge is 2.20. The monoisotopic (exact) mass is 301 g/mol. The number of hydrogen-bond acceptors (Lipinski definition) is 3. The fourth-order valence-electron chi connectivity index (χ4n) is 3.20. The van der Waals surface area contributed by atoms with Gasteiger partial charge in [-0.05, 0) is 37.0 Å². The highest BCUT2D eigenvalue weighted by molar-refractivity contribution is 5.99. The van der Waals surface area contributed by atoms with Gasteiger partial charge in [0.15, 0.2) is 0 Å². The first-order chi connectivity index (χ1) is 10.6. The SMILES string of the molecule is C[C@@H]1CN(C(=O)CCCc2ccc3c(c2)CC(=O)N3)CCN1. The minimum atomic E-state index is 0.0650. The summed E-state index contributed by atoms with van der Waals surface area (Å²) in [6.45, 7) is 4.62. The van der Waals surface area contributed by atoms with Crippen molar-refractivity contribution in [1.82, 2.24) is 10.2 Å². The van der Waals surface area contributed by atoms with Crippen LogP contribution in [0.25, 0.3) is 0 Å². The molecule has 1 atom stereocenters. The van der Waals surface area contributed by atoms with Gasteiger partial charge in [-0.1, -0.05) is 12.1 Å². The number of piperazine rings is 1. The molecule has 1 saturated heterocycles. The molecule has 0 spiro atoms. The normalized spacial score (nSPS) is 20.7. The first kappa shape index (κ1) is 15.0. The molecule has 0 unspecified atom stereocenters. The standard InChI is InChI=1S/C17H23N3O2/c1-12-11-20(8-7-18-12)17(22)4-2-3-13-5-6-15-14(9-13)10-16(21)19-15/h5-6,9,12,18H,2-4,7-8,10-11H2,1H3,(H,19,21)/t12-/m1/s1. The molecule has 5 heteroatoms. The van der Waals surface area contributed by atoms with Gasteiger partial charge < -0.3 is 15.5 Å². The van der Waals surface area contributed by atoms with E-state index in [0.29, 0.717) is 18.9 Å². The maximum absolute atomic E-state index is 12.2. The lowest BCUT2D eigenvalue weighted by Crippen LogP contribution is -2.51. The second-order valence-electron chi connectivity index (χ2n) is 6.26. The zero-order valence-electron chi connectivity index (χ0n) is 13.0. The van der Waals surface area contributed by atoms with Crippen LogP contribution in [0.3, 0.4) is 0 Å². The molecule has 1 aromatic rings. The molecule has 2 amide bonds. The second-order valence-corrected chi connectivity index (χ2v) is 6.26. The summed E-state index contributed by atoms with van der Waals surface area (Å²) in [6.07, 6.45) is 2.81. The summed E-state index contributed by atoms with van der Waals surface area (Å²) in [5.41, 5.74) is 3.21. The summed E-state index contributed by atoms with van der Waals surface area (Å²) in [6, 6.07) is 6.49. The molecular formula is C17H23N3O2. The van der Waals surface area contributed by atoms with E-state index in [1.807, 2.05) is 17.0 Å². The van der Waals surface area contributed by atoms with E-state index in [0.717, 1.165) is 43.7 Å². The van der Waals surface area contributed by atoms with Gasteiger partial charge in [-0.2, -0.15) is 0 Å². The van der Waals surface area contributed by atoms with Crippen molar-refractivity contribution in [2.24, 2.45) is 0 Å². The van der Waals surface area contributed by atoms with Crippen LogP contribution >= 0.6 is 0 Å². The zero-order chi connectivity index (χ0) is 15.5. The Labute approximate surface area is 131 Å². The molecule has 0 bridgehead atoms. The van der Waals surface area contributed by atoms with Crippen molar-refractivity contribution in [2.75, 3.05) is 25.0 Å². The number of carbonyl (C=O) groups excluding carboxylic acids is 2. The molecule has 2 aliphatic heterocycles. The van der Waals surface area contributed by atoms with Crippen molar-refractivity contribution >= 4 is 17.5 Å². The third-order valence-electron chi connectivity index (χ3n) is 4.37. The lowest BCUT2D eigenvalue weighted by atomic mass is 10.0. The van der Waals surface area contributed by atoms with Crippen LogP contribution in [0.1, 0.15) is 30.9 Å². The maximum Gasteiger partial charge on any atom is 0.228 e. The molecule has 2 heterocycles. The molecule has 2 aliphatic rings. The Morgan fingerprint density at radius 3 is 3.09 bits per heavy atom. The topological polar surface area (TPSA) is 61.4 Å². The number of anilines is 1. The Morgan fingerprint density at radius 1 is 1.41 bits per heavy atom. The van der Waals surface area contributed by atoms with Gasteiger partial charge >= 0.3 is 0 Å². The third kappa shape index (κ3) is 3.47. The highest BCUT2D eigenvalue weighted by atomic mass is 16.2. The number of rotatable bonds is 4. The molecule has 118 valence electrons. The molecule has 3 rings (SSSR count). The van der Waals surface area contributed by atoms with Crippen LogP contribution in [0.5, 0.6) is 0 Å². The van der Waals surface area contributed by atoms with Crippen molar-refractivity contribution in [3.63, 3.8) is 0 Å². The van der Waals surface area contributed by atoms with Crippen molar-refractivity contribution < 1.29 is 9.59 Å². The average molecular weight is 301 g/mol. The summed E-state index contributed by atoms with van der Waals surface area (Å²) < 4.78 is 0. The molecule has 5 nitrogen and oxygen atoms in total. The summed E-state index contributed by atoms with van der Waals surface area (Å²) in [5.74, 6) is 0.321. The molecular weight excluding hydrogens is 278 g/mol. The van der Waals surface area contributed by atoms with Crippen molar-refractivity contribution in [2.45, 2.75) is 38.6 Å². The second kappa shape index (κ2) is 6.48. The lowest BCUT2D eigenvalue weighted by Gasteiger charge is -2.32. The van der Waals surface area contributed by atoms with Gasteiger partial charge in [0.1, 0.15) is 0 Å². The Kier molecular flexibility index (Phi) is 4.43. The van der Waals surface area contributed by atoms with Gasteiger partial charge in [0.2, 0.25) is 11.8 Å². The summed E-state index contributed by atoms with van der Waals surface area (Å²) >= 11 is 0. The number of nitrogens with zero attached hydrogens (tertiary/aromatic N) is 1. The van der Waals surface area contributed by atoms with E-state index >= 15 is 0 Å². The molecule has 2 N–H and O–H groups in total. The summed E-state index contributed by atoms with van der Waals surface area (Å²) in [4.78, 5) is 25.5. The zero-order valence-corrected chi connectivity index (χ0v) is 13.0. The Balaban J connectivity index is 1.48. The van der Waals surface area contributed by atoms with Crippen LogP contribution in [-0.4, -0.2) is 42.4 Å². The van der Waals surface area contributed by atoms with Crippen LogP contribution in [0.4, 0.5) is 5.69 Å². The number of hydrogen-bond donors (Lipinski definition) is 2. The van der Waals surface area contributed by atoms with Crippen molar-refractivity contribution in [3.05, 3.63) is 29.3 Å². The molecule has 22 heavy (non-hydrogen) atoms. The predicted molar refractivity (Wildman–Crippen MR) is 85.8 cm³/mol. The van der Waals surface area contributed by atoms with Crippen LogP contribution < -0.4 is 10.6 Å². The van der Waals surface area contributed by atoms with Gasteiger partial charge in [-0.3, -0.25) is 9.59 Å². The van der Waals surface area contributed by atoms with E-state index in [2.05, 4.69) is 23.6 Å². The highest BCUT2D eigenvalue weighted by Crippen LogP contribution is 2.24. The summed E-state index contributed by atoms with van der Waals surface area (Å²) in [5, 5.41) is 6.19. The minimum Gasteiger partial charge on any atom is -0.340 e. The van der Waals surface area contributed by atoms with E-state index in [1.165, 1.54) is 5.56 Å². The number of amides is 2. The van der Waals surface area contributed by atoms with E-state index in [-0.39, 0.29) is 11.8 Å². The Morgan fingerprint density at radius 2 is 2.27 bits per heavy atom. The first-order valence-corrected chi connectivity index (χ1v) is 8.04. The summed E-state index contributed by atoms with van der Waals surface area (Å²) in [7, 11) is 0. The van der Waals surface area contributed by atoms with Crippen LogP contribution in [0.15, 0.2) is 18.2 Å². The fraction of sp³-hybridized carbons (Fsp3) is 0.529. The first-order valence-electron chi connectivity index (χ1n) is 8.04. The minimum absolute atomic E-state index is 0.0650. The van der Waals surface area contributed by atoms with E-state index < -0.39 is 0 Å². The van der Waals surface area contributed by atoms with E-state index in [4.69, 9.17) is 0 Å². The molecule has 0 radical (unpaired) electrons. The number of fused-ring (bicyclic) bond motifs is 1. The Hall–Kier alpha value is -1.88. The number of benzene rings is 1. The molecule has 0 aromatic heterocycles. The lowest BCUT2D eigenvalue weighted by molar-refractivity contribution is -0.132. The number of carbonyl (C=O) groups is 2. The van der Waals surface area contributed by atoms with E-state index in [9.17, 15) is 9.59 Å². The van der Waals surface area contributed by atoms with Gasteiger partial charge in [0.05, 0.1) is 6.42 Å². The largest absolute Gasteiger partial charge is 0.340 e. The molecule has 0 saturated carbocycles. The van der Waals surface area contributed by atoms with E-state index in [1.54, 1.807) is 0 Å². The maximum atomic E-state index is 12.2. The van der Waals surface area contributed by atoms with Crippen molar-refractivity contribution in [1.29, 1.82) is 0 Å². The third-order valence-corrected chi connectivity index (χ3v) is 4.37.